The molecule has 4 aromatic rings. The van der Waals surface area contributed by atoms with E-state index in [2.05, 4.69) is 32.7 Å². The van der Waals surface area contributed by atoms with E-state index in [1.165, 1.54) is 25.3 Å². The third kappa shape index (κ3) is 3.20. The molecule has 29 heavy (non-hydrogen) atoms. The fourth-order valence-corrected chi connectivity index (χ4v) is 4.45. The molecular formula is C23H23N5O. The fraction of sp³-hybridized carbons (Fsp3) is 0.261. The van der Waals surface area contributed by atoms with Crippen LogP contribution in [0.15, 0.2) is 48.8 Å². The lowest BCUT2D eigenvalue weighted by Gasteiger charge is -2.26. The number of carbonyl (C=O) groups excluding carboxylic acids is 1. The number of imidazole rings is 1. The molecule has 0 spiro atoms. The number of primary amides is 1. The molecule has 3 N–H and O–H groups in total. The summed E-state index contributed by atoms with van der Waals surface area (Å²) in [5, 5.41) is 1.11. The maximum absolute atomic E-state index is 11.1. The van der Waals surface area contributed by atoms with Crippen LogP contribution in [0.2, 0.25) is 0 Å². The van der Waals surface area contributed by atoms with Gasteiger partial charge in [0.25, 0.3) is 0 Å². The Morgan fingerprint density at radius 1 is 1.21 bits per heavy atom. The van der Waals surface area contributed by atoms with Gasteiger partial charge in [-0.2, -0.15) is 0 Å². The van der Waals surface area contributed by atoms with Crippen LogP contribution in [0, 0.1) is 0 Å². The van der Waals surface area contributed by atoms with Gasteiger partial charge in [-0.3, -0.25) is 4.79 Å². The molecule has 0 atom stereocenters. The molecule has 146 valence electrons. The number of pyridine rings is 1. The topological polar surface area (TPSA) is 89.6 Å². The molecule has 1 amide bonds. The van der Waals surface area contributed by atoms with E-state index >= 15 is 0 Å². The first-order valence-corrected chi connectivity index (χ1v) is 10.1. The maximum atomic E-state index is 11.1. The number of nitrogens with two attached hydrogens (primary N) is 1. The van der Waals surface area contributed by atoms with E-state index in [-0.39, 0.29) is 0 Å². The molecule has 5 rings (SSSR count). The number of aromatic amines is 1. The number of carbonyl (C=O) groups is 1. The van der Waals surface area contributed by atoms with Crippen molar-refractivity contribution in [3.05, 3.63) is 54.4 Å². The average molecular weight is 385 g/mol. The van der Waals surface area contributed by atoms with Crippen LogP contribution in [0.1, 0.15) is 43.7 Å². The van der Waals surface area contributed by atoms with Crippen molar-refractivity contribution in [1.82, 2.24) is 19.5 Å². The average Bonchev–Trinajstić information content (AvgIpc) is 3.37. The van der Waals surface area contributed by atoms with E-state index in [0.717, 1.165) is 51.9 Å². The fourth-order valence-electron chi connectivity index (χ4n) is 4.45. The second-order valence-electron chi connectivity index (χ2n) is 7.69. The molecule has 1 aromatic carbocycles. The van der Waals surface area contributed by atoms with Crippen LogP contribution in [0.3, 0.4) is 0 Å². The molecule has 3 aromatic heterocycles. The van der Waals surface area contributed by atoms with Gasteiger partial charge in [0.1, 0.15) is 17.0 Å². The van der Waals surface area contributed by atoms with Crippen LogP contribution in [0.5, 0.6) is 0 Å². The Labute approximate surface area is 168 Å². The van der Waals surface area contributed by atoms with E-state index in [9.17, 15) is 4.79 Å². The predicted octanol–water partition coefficient (Wildman–Crippen LogP) is 4.58. The minimum atomic E-state index is -0.453. The number of aromatic nitrogens is 4. The van der Waals surface area contributed by atoms with E-state index in [1.807, 2.05) is 24.5 Å². The molecule has 0 aliphatic heterocycles. The summed E-state index contributed by atoms with van der Waals surface area (Å²) in [6.45, 7) is 0. The Balaban J connectivity index is 1.73. The molecule has 1 fully saturated rings. The number of nitrogens with one attached hydrogen (secondary N) is 1. The lowest BCUT2D eigenvalue weighted by atomic mass is 9.94. The summed E-state index contributed by atoms with van der Waals surface area (Å²) in [6.07, 6.45) is 13.0. The molecular weight excluding hydrogens is 362 g/mol. The number of rotatable bonds is 4. The zero-order valence-corrected chi connectivity index (χ0v) is 16.1. The number of nitrogens with zero attached hydrogens (tertiary/aromatic N) is 3. The Morgan fingerprint density at radius 2 is 2.07 bits per heavy atom. The standard InChI is InChI=1S/C23H23N5O/c24-20(29)10-9-15-5-4-6-16(13-15)23-27-19-14-26-22-18(11-12-25-22)21(19)28(23)17-7-2-1-3-8-17/h4-6,9-14,17H,1-3,7-8H2,(H2,24,29)(H,25,26). The van der Waals surface area contributed by atoms with Crippen molar-refractivity contribution in [3.63, 3.8) is 0 Å². The SMILES string of the molecule is NC(=O)C=Cc1cccc(-c2nc3cnc4[nH]ccc4c3n2C2CCCCC2)c1. The summed E-state index contributed by atoms with van der Waals surface area (Å²) < 4.78 is 2.42. The van der Waals surface area contributed by atoms with Gasteiger partial charge in [-0.15, -0.1) is 0 Å². The first kappa shape index (κ1) is 17.7. The molecule has 1 aliphatic rings. The third-order valence-corrected chi connectivity index (χ3v) is 5.76. The molecule has 6 heteroatoms. The normalized spacial score (nSPS) is 15.6. The Bertz CT molecular complexity index is 1230. The zero-order chi connectivity index (χ0) is 19.8. The Kier molecular flexibility index (Phi) is 4.39. The van der Waals surface area contributed by atoms with E-state index in [4.69, 9.17) is 10.7 Å². The third-order valence-electron chi connectivity index (χ3n) is 5.76. The maximum Gasteiger partial charge on any atom is 0.241 e. The molecule has 6 nitrogen and oxygen atoms in total. The smallest absolute Gasteiger partial charge is 0.241 e. The number of amides is 1. The van der Waals surface area contributed by atoms with Gasteiger partial charge in [0.05, 0.1) is 11.7 Å². The van der Waals surface area contributed by atoms with E-state index < -0.39 is 5.91 Å². The summed E-state index contributed by atoms with van der Waals surface area (Å²) in [5.74, 6) is 0.502. The summed E-state index contributed by atoms with van der Waals surface area (Å²) in [5.41, 5.74) is 10.2. The highest BCUT2D eigenvalue weighted by atomic mass is 16.1. The summed E-state index contributed by atoms with van der Waals surface area (Å²) in [7, 11) is 0. The second kappa shape index (κ2) is 7.20. The van der Waals surface area contributed by atoms with Gasteiger partial charge in [-0.25, -0.2) is 9.97 Å². The first-order chi connectivity index (χ1) is 14.2. The molecule has 0 radical (unpaired) electrons. The van der Waals surface area contributed by atoms with E-state index in [0.29, 0.717) is 6.04 Å². The molecule has 0 unspecified atom stereocenters. The van der Waals surface area contributed by atoms with Gasteiger partial charge >= 0.3 is 0 Å². The van der Waals surface area contributed by atoms with Crippen LogP contribution in [-0.2, 0) is 4.79 Å². The van der Waals surface area contributed by atoms with E-state index in [1.54, 1.807) is 6.08 Å². The van der Waals surface area contributed by atoms with Crippen LogP contribution in [0.25, 0.3) is 39.5 Å². The Morgan fingerprint density at radius 3 is 2.90 bits per heavy atom. The van der Waals surface area contributed by atoms with Crippen molar-refractivity contribution in [1.29, 1.82) is 0 Å². The molecule has 1 aliphatic carbocycles. The minimum absolute atomic E-state index is 0.425. The van der Waals surface area contributed by atoms with Crippen molar-refractivity contribution in [2.24, 2.45) is 5.73 Å². The molecule has 1 saturated carbocycles. The van der Waals surface area contributed by atoms with Gasteiger partial charge in [0.15, 0.2) is 0 Å². The lowest BCUT2D eigenvalue weighted by Crippen LogP contribution is -2.14. The lowest BCUT2D eigenvalue weighted by molar-refractivity contribution is -0.113. The summed E-state index contributed by atoms with van der Waals surface area (Å²) >= 11 is 0. The number of hydrogen-bond donors (Lipinski definition) is 2. The van der Waals surface area contributed by atoms with Crippen LogP contribution in [-0.4, -0.2) is 25.4 Å². The van der Waals surface area contributed by atoms with Crippen LogP contribution in [0.4, 0.5) is 0 Å². The van der Waals surface area contributed by atoms with Crippen molar-refractivity contribution >= 4 is 34.1 Å². The molecule has 0 saturated heterocycles. The van der Waals surface area contributed by atoms with Gasteiger partial charge in [-0.05, 0) is 36.6 Å². The van der Waals surface area contributed by atoms with Crippen molar-refractivity contribution in [3.8, 4) is 11.4 Å². The Hall–Kier alpha value is -3.41. The largest absolute Gasteiger partial charge is 0.366 e. The second-order valence-corrected chi connectivity index (χ2v) is 7.69. The monoisotopic (exact) mass is 385 g/mol. The quantitative estimate of drug-likeness (QED) is 0.504. The van der Waals surface area contributed by atoms with Crippen molar-refractivity contribution in [2.75, 3.05) is 0 Å². The van der Waals surface area contributed by atoms with Crippen LogP contribution >= 0.6 is 0 Å². The van der Waals surface area contributed by atoms with Crippen molar-refractivity contribution in [2.45, 2.75) is 38.1 Å². The van der Waals surface area contributed by atoms with Gasteiger partial charge < -0.3 is 15.3 Å². The first-order valence-electron chi connectivity index (χ1n) is 10.1. The zero-order valence-electron chi connectivity index (χ0n) is 16.1. The minimum Gasteiger partial charge on any atom is -0.366 e. The van der Waals surface area contributed by atoms with Gasteiger partial charge in [-0.1, -0.05) is 37.5 Å². The highest BCUT2D eigenvalue weighted by Crippen LogP contribution is 2.38. The molecule has 3 heterocycles. The van der Waals surface area contributed by atoms with Gasteiger partial charge in [0, 0.05) is 29.3 Å². The number of fused-ring (bicyclic) bond motifs is 3. The number of hydrogen-bond acceptors (Lipinski definition) is 3. The highest BCUT2D eigenvalue weighted by molar-refractivity contribution is 6.02. The summed E-state index contributed by atoms with van der Waals surface area (Å²) in [6, 6.07) is 10.6. The highest BCUT2D eigenvalue weighted by Gasteiger charge is 2.24. The number of H-pyrrole nitrogens is 1. The van der Waals surface area contributed by atoms with Crippen molar-refractivity contribution < 1.29 is 4.79 Å². The van der Waals surface area contributed by atoms with Gasteiger partial charge in [0.2, 0.25) is 5.91 Å². The summed E-state index contributed by atoms with van der Waals surface area (Å²) in [4.78, 5) is 23.9. The predicted molar refractivity (Wildman–Crippen MR) is 115 cm³/mol. The molecule has 0 bridgehead atoms. The van der Waals surface area contributed by atoms with Crippen LogP contribution < -0.4 is 5.73 Å². The number of benzene rings is 1.